The molecule has 0 radical (unpaired) electrons. The van der Waals surface area contributed by atoms with Crippen LogP contribution in [0.4, 0.5) is 21.9 Å². The van der Waals surface area contributed by atoms with E-state index in [9.17, 15) is 9.59 Å². The average molecular weight is 363 g/mol. The van der Waals surface area contributed by atoms with Crippen LogP contribution in [0.15, 0.2) is 60.7 Å². The lowest BCUT2D eigenvalue weighted by Gasteiger charge is -2.08. The molecule has 3 rings (SSSR count). The fourth-order valence-electron chi connectivity index (χ4n) is 2.52. The van der Waals surface area contributed by atoms with Gasteiger partial charge in [-0.1, -0.05) is 31.5 Å². The van der Waals surface area contributed by atoms with Gasteiger partial charge in [-0.15, -0.1) is 0 Å². The Hall–Kier alpha value is -3.61. The van der Waals surface area contributed by atoms with Crippen LogP contribution >= 0.6 is 0 Å². The Morgan fingerprint density at radius 1 is 0.889 bits per heavy atom. The third-order valence-electron chi connectivity index (χ3n) is 3.82. The van der Waals surface area contributed by atoms with E-state index < -0.39 is 0 Å². The normalized spacial score (nSPS) is 10.3. The molecule has 0 spiro atoms. The average Bonchev–Trinajstić information content (AvgIpc) is 3.13. The highest BCUT2D eigenvalue weighted by Gasteiger charge is 2.10. The maximum Gasteiger partial charge on any atom is 0.323 e. The van der Waals surface area contributed by atoms with Crippen LogP contribution in [-0.2, 0) is 6.42 Å². The van der Waals surface area contributed by atoms with E-state index in [0.29, 0.717) is 22.8 Å². The Balaban J connectivity index is 1.55. The quantitative estimate of drug-likeness (QED) is 0.526. The number of aromatic nitrogens is 2. The summed E-state index contributed by atoms with van der Waals surface area (Å²) in [7, 11) is 0. The smallest absolute Gasteiger partial charge is 0.321 e. The van der Waals surface area contributed by atoms with Gasteiger partial charge in [0.15, 0.2) is 5.69 Å². The number of amides is 3. The van der Waals surface area contributed by atoms with Crippen molar-refractivity contribution in [1.82, 2.24) is 10.2 Å². The molecule has 3 aromatic rings. The number of aromatic amines is 1. The molecular weight excluding hydrogens is 342 g/mol. The molecule has 0 fully saturated rings. The number of nitrogens with zero attached hydrogens (tertiary/aromatic N) is 1. The molecule has 0 saturated carbocycles. The predicted molar refractivity (Wildman–Crippen MR) is 106 cm³/mol. The summed E-state index contributed by atoms with van der Waals surface area (Å²) in [5, 5.41) is 15.1. The van der Waals surface area contributed by atoms with Gasteiger partial charge in [0.1, 0.15) is 0 Å². The summed E-state index contributed by atoms with van der Waals surface area (Å²) in [6.07, 6.45) is 1.83. The molecule has 0 saturated heterocycles. The molecule has 27 heavy (non-hydrogen) atoms. The highest BCUT2D eigenvalue weighted by Crippen LogP contribution is 2.15. The standard InChI is InChI=1S/C20H21N5O2/c1-2-6-17-13-18(25-24-17)19(26)21-15-9-11-16(12-10-15)23-20(27)22-14-7-4-3-5-8-14/h3-5,7-13H,2,6H2,1H3,(H,21,26)(H,24,25)(H2,22,23,27). The highest BCUT2D eigenvalue weighted by atomic mass is 16.2. The van der Waals surface area contributed by atoms with E-state index in [1.54, 1.807) is 42.5 Å². The molecule has 0 atom stereocenters. The number of carbonyl (C=O) groups excluding carboxylic acids is 2. The van der Waals surface area contributed by atoms with Gasteiger partial charge in [0.2, 0.25) is 0 Å². The summed E-state index contributed by atoms with van der Waals surface area (Å²) in [5.41, 5.74) is 3.23. The van der Waals surface area contributed by atoms with Crippen LogP contribution in [0.3, 0.4) is 0 Å². The second-order valence-electron chi connectivity index (χ2n) is 6.01. The molecule has 7 heteroatoms. The van der Waals surface area contributed by atoms with E-state index >= 15 is 0 Å². The molecule has 1 heterocycles. The number of H-pyrrole nitrogens is 1. The summed E-state index contributed by atoms with van der Waals surface area (Å²) >= 11 is 0. The molecule has 3 amide bonds. The zero-order chi connectivity index (χ0) is 19.1. The van der Waals surface area contributed by atoms with Crippen molar-refractivity contribution in [3.05, 3.63) is 72.1 Å². The molecule has 138 valence electrons. The second kappa shape index (κ2) is 8.66. The molecule has 4 N–H and O–H groups in total. The third-order valence-corrected chi connectivity index (χ3v) is 3.82. The van der Waals surface area contributed by atoms with Crippen molar-refractivity contribution in [2.24, 2.45) is 0 Å². The minimum atomic E-state index is -0.335. The van der Waals surface area contributed by atoms with Crippen LogP contribution in [0.5, 0.6) is 0 Å². The van der Waals surface area contributed by atoms with E-state index in [-0.39, 0.29) is 11.9 Å². The van der Waals surface area contributed by atoms with E-state index in [4.69, 9.17) is 0 Å². The summed E-state index contributed by atoms with van der Waals surface area (Å²) in [6.45, 7) is 2.07. The highest BCUT2D eigenvalue weighted by molar-refractivity contribution is 6.03. The Labute approximate surface area is 157 Å². The molecule has 0 unspecified atom stereocenters. The van der Waals surface area contributed by atoms with Gasteiger partial charge < -0.3 is 16.0 Å². The molecule has 0 aliphatic rings. The number of anilines is 3. The Morgan fingerprint density at radius 3 is 2.11 bits per heavy atom. The number of urea groups is 1. The summed E-state index contributed by atoms with van der Waals surface area (Å²) < 4.78 is 0. The third kappa shape index (κ3) is 5.18. The molecule has 0 aliphatic heterocycles. The lowest BCUT2D eigenvalue weighted by molar-refractivity contribution is 0.102. The maximum absolute atomic E-state index is 12.2. The SMILES string of the molecule is CCCc1cc(C(=O)Nc2ccc(NC(=O)Nc3ccccc3)cc2)n[nH]1. The first-order chi connectivity index (χ1) is 13.1. The van der Waals surface area contributed by atoms with Gasteiger partial charge in [-0.2, -0.15) is 5.10 Å². The first kappa shape index (κ1) is 18.2. The molecular formula is C20H21N5O2. The largest absolute Gasteiger partial charge is 0.323 e. The minimum Gasteiger partial charge on any atom is -0.321 e. The number of carbonyl (C=O) groups is 2. The summed E-state index contributed by atoms with van der Waals surface area (Å²) in [4.78, 5) is 24.2. The van der Waals surface area contributed by atoms with Gasteiger partial charge in [-0.3, -0.25) is 9.89 Å². The molecule has 7 nitrogen and oxygen atoms in total. The predicted octanol–water partition coefficient (Wildman–Crippen LogP) is 4.26. The van der Waals surface area contributed by atoms with Gasteiger partial charge in [0.25, 0.3) is 5.91 Å². The number of aryl methyl sites for hydroxylation is 1. The van der Waals surface area contributed by atoms with Gasteiger partial charge in [-0.05, 0) is 48.9 Å². The lowest BCUT2D eigenvalue weighted by atomic mass is 10.2. The van der Waals surface area contributed by atoms with Crippen LogP contribution < -0.4 is 16.0 Å². The summed E-state index contributed by atoms with van der Waals surface area (Å²) in [6, 6.07) is 17.5. The summed E-state index contributed by atoms with van der Waals surface area (Å²) in [5.74, 6) is -0.281. The van der Waals surface area contributed by atoms with Crippen molar-refractivity contribution >= 4 is 29.0 Å². The molecule has 2 aromatic carbocycles. The van der Waals surface area contributed by atoms with E-state index in [1.807, 2.05) is 18.2 Å². The van der Waals surface area contributed by atoms with Gasteiger partial charge >= 0.3 is 6.03 Å². The van der Waals surface area contributed by atoms with Crippen molar-refractivity contribution in [1.29, 1.82) is 0 Å². The molecule has 0 aliphatic carbocycles. The number of rotatable bonds is 6. The fourth-order valence-corrected chi connectivity index (χ4v) is 2.52. The van der Waals surface area contributed by atoms with E-state index in [0.717, 1.165) is 18.5 Å². The zero-order valence-electron chi connectivity index (χ0n) is 15.0. The van der Waals surface area contributed by atoms with Crippen LogP contribution in [0.25, 0.3) is 0 Å². The van der Waals surface area contributed by atoms with E-state index in [2.05, 4.69) is 33.1 Å². The topological polar surface area (TPSA) is 98.9 Å². The fraction of sp³-hybridized carbons (Fsp3) is 0.150. The van der Waals surface area contributed by atoms with Crippen molar-refractivity contribution in [3.63, 3.8) is 0 Å². The number of hydrogen-bond donors (Lipinski definition) is 4. The number of para-hydroxylation sites is 1. The van der Waals surface area contributed by atoms with Crippen molar-refractivity contribution < 1.29 is 9.59 Å². The van der Waals surface area contributed by atoms with Gasteiger partial charge in [0, 0.05) is 22.8 Å². The second-order valence-corrected chi connectivity index (χ2v) is 6.01. The number of nitrogens with one attached hydrogen (secondary N) is 4. The van der Waals surface area contributed by atoms with Crippen molar-refractivity contribution in [3.8, 4) is 0 Å². The van der Waals surface area contributed by atoms with Crippen LogP contribution in [-0.4, -0.2) is 22.1 Å². The first-order valence-corrected chi connectivity index (χ1v) is 8.73. The maximum atomic E-state index is 12.2. The monoisotopic (exact) mass is 363 g/mol. The van der Waals surface area contributed by atoms with Crippen molar-refractivity contribution in [2.75, 3.05) is 16.0 Å². The van der Waals surface area contributed by atoms with Crippen molar-refractivity contribution in [2.45, 2.75) is 19.8 Å². The van der Waals surface area contributed by atoms with Crippen LogP contribution in [0.1, 0.15) is 29.5 Å². The number of hydrogen-bond acceptors (Lipinski definition) is 3. The van der Waals surface area contributed by atoms with E-state index in [1.165, 1.54) is 0 Å². The number of benzene rings is 2. The Bertz CT molecular complexity index is 904. The minimum absolute atomic E-state index is 0.281. The molecule has 0 bridgehead atoms. The van der Waals surface area contributed by atoms with Crippen LogP contribution in [0, 0.1) is 0 Å². The first-order valence-electron chi connectivity index (χ1n) is 8.73. The van der Waals surface area contributed by atoms with Crippen LogP contribution in [0.2, 0.25) is 0 Å². The molecule has 1 aromatic heterocycles. The van der Waals surface area contributed by atoms with Gasteiger partial charge in [-0.25, -0.2) is 4.79 Å². The van der Waals surface area contributed by atoms with Gasteiger partial charge in [0.05, 0.1) is 0 Å². The lowest BCUT2D eigenvalue weighted by Crippen LogP contribution is -2.19. The zero-order valence-corrected chi connectivity index (χ0v) is 15.0. The Kier molecular flexibility index (Phi) is 5.84. The Morgan fingerprint density at radius 2 is 1.48 bits per heavy atom.